The largest absolute Gasteiger partial charge is 0.378 e. The molecule has 0 spiro atoms. The van der Waals surface area contributed by atoms with Crippen LogP contribution >= 0.6 is 23.2 Å². The second kappa shape index (κ2) is 6.48. The zero-order valence-electron chi connectivity index (χ0n) is 12.8. The first-order valence-corrected chi connectivity index (χ1v) is 8.30. The van der Waals surface area contributed by atoms with Crippen LogP contribution in [0.2, 0.25) is 10.0 Å². The summed E-state index contributed by atoms with van der Waals surface area (Å²) < 4.78 is 0. The highest BCUT2D eigenvalue weighted by Crippen LogP contribution is 2.39. The van der Waals surface area contributed by atoms with E-state index in [1.165, 1.54) is 0 Å². The van der Waals surface area contributed by atoms with E-state index in [-0.39, 0.29) is 6.04 Å². The van der Waals surface area contributed by atoms with Gasteiger partial charge in [0.05, 0.1) is 11.4 Å². The zero-order chi connectivity index (χ0) is 17.4. The smallest absolute Gasteiger partial charge is 0.345 e. The Labute approximate surface area is 153 Å². The number of rotatable bonds is 2. The molecule has 1 unspecified atom stereocenters. The SMILES string of the molecule is O=C1ONN(c2ccccc2)/C1=C1/CC(c2ccc(Cl)cc2Cl)N=N1. The van der Waals surface area contributed by atoms with Gasteiger partial charge in [-0.1, -0.05) is 53.1 Å². The average molecular weight is 375 g/mol. The molecule has 8 heteroatoms. The molecule has 1 atom stereocenters. The van der Waals surface area contributed by atoms with Gasteiger partial charge in [-0.15, -0.1) is 0 Å². The predicted molar refractivity (Wildman–Crippen MR) is 93.9 cm³/mol. The van der Waals surface area contributed by atoms with Crippen molar-refractivity contribution in [3.05, 3.63) is 75.5 Å². The zero-order valence-corrected chi connectivity index (χ0v) is 14.3. The second-order valence-electron chi connectivity index (χ2n) is 5.55. The average Bonchev–Trinajstić information content (AvgIpc) is 3.22. The van der Waals surface area contributed by atoms with Gasteiger partial charge >= 0.3 is 5.97 Å². The fraction of sp³-hybridized carbons (Fsp3) is 0.118. The van der Waals surface area contributed by atoms with Gasteiger partial charge in [-0.3, -0.25) is 0 Å². The van der Waals surface area contributed by atoms with E-state index >= 15 is 0 Å². The standard InChI is InChI=1S/C17H12Cl2N4O2/c18-10-6-7-12(13(19)8-10)14-9-15(21-20-14)16-17(24)25-22-23(16)11-4-2-1-3-5-11/h1-8,14,22H,9H2/b16-15-. The van der Waals surface area contributed by atoms with Gasteiger partial charge in [0, 0.05) is 16.5 Å². The number of hydrazine groups is 1. The second-order valence-corrected chi connectivity index (χ2v) is 6.39. The predicted octanol–water partition coefficient (Wildman–Crippen LogP) is 4.59. The minimum Gasteiger partial charge on any atom is -0.345 e. The first kappa shape index (κ1) is 16.1. The van der Waals surface area contributed by atoms with Crippen molar-refractivity contribution in [2.24, 2.45) is 10.2 Å². The molecule has 0 bridgehead atoms. The summed E-state index contributed by atoms with van der Waals surface area (Å²) in [5, 5.41) is 11.1. The first-order valence-electron chi connectivity index (χ1n) is 7.54. The fourth-order valence-corrected chi connectivity index (χ4v) is 3.30. The molecule has 0 saturated carbocycles. The van der Waals surface area contributed by atoms with Crippen LogP contribution in [0.25, 0.3) is 0 Å². The maximum atomic E-state index is 12.2. The van der Waals surface area contributed by atoms with Crippen LogP contribution in [0.3, 0.4) is 0 Å². The highest BCUT2D eigenvalue weighted by atomic mass is 35.5. The van der Waals surface area contributed by atoms with Gasteiger partial charge in [0.2, 0.25) is 0 Å². The van der Waals surface area contributed by atoms with Crippen LogP contribution in [0, 0.1) is 0 Å². The summed E-state index contributed by atoms with van der Waals surface area (Å²) in [5.74, 6) is -0.499. The highest BCUT2D eigenvalue weighted by Gasteiger charge is 2.35. The Balaban J connectivity index is 1.67. The van der Waals surface area contributed by atoms with Crippen molar-refractivity contribution in [3.63, 3.8) is 0 Å². The molecule has 25 heavy (non-hydrogen) atoms. The number of carbonyl (C=O) groups is 1. The lowest BCUT2D eigenvalue weighted by Gasteiger charge is -2.16. The van der Waals surface area contributed by atoms with Crippen LogP contribution in [-0.2, 0) is 9.63 Å². The summed E-state index contributed by atoms with van der Waals surface area (Å²) in [6.07, 6.45) is 0.441. The summed E-state index contributed by atoms with van der Waals surface area (Å²) in [6.45, 7) is 0. The van der Waals surface area contributed by atoms with E-state index in [1.807, 2.05) is 36.4 Å². The molecule has 2 aliphatic rings. The van der Waals surface area contributed by atoms with Crippen LogP contribution in [0.1, 0.15) is 18.0 Å². The Morgan fingerprint density at radius 1 is 1.16 bits per heavy atom. The van der Waals surface area contributed by atoms with E-state index < -0.39 is 5.97 Å². The molecule has 1 fully saturated rings. The maximum Gasteiger partial charge on any atom is 0.378 e. The van der Waals surface area contributed by atoms with Crippen molar-refractivity contribution in [1.82, 2.24) is 5.59 Å². The van der Waals surface area contributed by atoms with E-state index in [2.05, 4.69) is 15.8 Å². The maximum absolute atomic E-state index is 12.2. The molecule has 0 aromatic heterocycles. The molecule has 126 valence electrons. The topological polar surface area (TPSA) is 66.3 Å². The molecule has 1 N–H and O–H groups in total. The van der Waals surface area contributed by atoms with Gasteiger partial charge < -0.3 is 4.84 Å². The number of hydrogen-bond donors (Lipinski definition) is 1. The van der Waals surface area contributed by atoms with Crippen LogP contribution in [0.4, 0.5) is 5.69 Å². The van der Waals surface area contributed by atoms with Crippen molar-refractivity contribution >= 4 is 34.9 Å². The molecular weight excluding hydrogens is 363 g/mol. The van der Waals surface area contributed by atoms with E-state index in [4.69, 9.17) is 28.0 Å². The molecule has 2 aromatic carbocycles. The van der Waals surface area contributed by atoms with Crippen LogP contribution in [0.15, 0.2) is 70.2 Å². The third-order valence-corrected chi connectivity index (χ3v) is 4.52. The number of azo groups is 1. The van der Waals surface area contributed by atoms with Crippen LogP contribution in [-0.4, -0.2) is 5.97 Å². The number of nitrogens with one attached hydrogen (secondary N) is 1. The Morgan fingerprint density at radius 2 is 1.96 bits per heavy atom. The minimum atomic E-state index is -0.499. The molecule has 6 nitrogen and oxygen atoms in total. The number of halogens is 2. The number of carbonyl (C=O) groups excluding carboxylic acids is 1. The Hall–Kier alpha value is -2.41. The monoisotopic (exact) mass is 374 g/mol. The van der Waals surface area contributed by atoms with Gasteiger partial charge in [-0.2, -0.15) is 10.2 Å². The fourth-order valence-electron chi connectivity index (χ4n) is 2.77. The van der Waals surface area contributed by atoms with E-state index in [0.29, 0.717) is 27.9 Å². The first-order chi connectivity index (χ1) is 12.1. The van der Waals surface area contributed by atoms with E-state index in [1.54, 1.807) is 17.1 Å². The van der Waals surface area contributed by atoms with Crippen molar-refractivity contribution in [1.29, 1.82) is 0 Å². The lowest BCUT2D eigenvalue weighted by atomic mass is 10.0. The summed E-state index contributed by atoms with van der Waals surface area (Å²) in [7, 11) is 0. The third-order valence-electron chi connectivity index (χ3n) is 3.96. The molecule has 0 amide bonds. The van der Waals surface area contributed by atoms with Crippen molar-refractivity contribution in [2.75, 3.05) is 5.01 Å². The van der Waals surface area contributed by atoms with Gasteiger partial charge in [-0.25, -0.2) is 9.80 Å². The Kier molecular flexibility index (Phi) is 4.17. The quantitative estimate of drug-likeness (QED) is 0.780. The molecule has 2 heterocycles. The van der Waals surface area contributed by atoms with E-state index in [9.17, 15) is 4.79 Å². The van der Waals surface area contributed by atoms with Crippen molar-refractivity contribution in [3.8, 4) is 0 Å². The van der Waals surface area contributed by atoms with Crippen LogP contribution in [0.5, 0.6) is 0 Å². The Morgan fingerprint density at radius 3 is 2.72 bits per heavy atom. The summed E-state index contributed by atoms with van der Waals surface area (Å²) in [5.41, 5.74) is 5.04. The lowest BCUT2D eigenvalue weighted by molar-refractivity contribution is -0.140. The van der Waals surface area contributed by atoms with Gasteiger partial charge in [-0.05, 0) is 29.8 Å². The lowest BCUT2D eigenvalue weighted by Crippen LogP contribution is -2.29. The number of nitrogens with zero attached hydrogens (tertiary/aromatic N) is 3. The van der Waals surface area contributed by atoms with Crippen LogP contribution < -0.4 is 10.6 Å². The molecule has 1 saturated heterocycles. The van der Waals surface area contributed by atoms with E-state index in [0.717, 1.165) is 11.3 Å². The molecule has 0 radical (unpaired) electrons. The molecule has 4 rings (SSSR count). The highest BCUT2D eigenvalue weighted by molar-refractivity contribution is 6.35. The summed E-state index contributed by atoms with van der Waals surface area (Å²) in [4.78, 5) is 17.1. The molecular formula is C17H12Cl2N4O2. The van der Waals surface area contributed by atoms with Crippen molar-refractivity contribution < 1.29 is 9.63 Å². The third kappa shape index (κ3) is 3.00. The molecule has 2 aliphatic heterocycles. The van der Waals surface area contributed by atoms with Crippen molar-refractivity contribution in [2.45, 2.75) is 12.5 Å². The number of benzene rings is 2. The summed E-state index contributed by atoms with van der Waals surface area (Å²) >= 11 is 12.2. The number of para-hydroxylation sites is 1. The summed E-state index contributed by atoms with van der Waals surface area (Å²) in [6, 6.07) is 14.3. The number of hydrogen-bond acceptors (Lipinski definition) is 6. The number of anilines is 1. The normalized spacial score (nSPS) is 22.6. The molecule has 0 aliphatic carbocycles. The minimum absolute atomic E-state index is 0.265. The van der Waals surface area contributed by atoms with Gasteiger partial charge in [0.15, 0.2) is 5.70 Å². The van der Waals surface area contributed by atoms with Gasteiger partial charge in [0.25, 0.3) is 0 Å². The van der Waals surface area contributed by atoms with Gasteiger partial charge in [0.1, 0.15) is 6.04 Å². The Bertz CT molecular complexity index is 899. The molecule has 2 aromatic rings.